The summed E-state index contributed by atoms with van der Waals surface area (Å²) in [6.45, 7) is 0. The summed E-state index contributed by atoms with van der Waals surface area (Å²) in [6, 6.07) is 12.8. The second-order valence-corrected chi connectivity index (χ2v) is 3.77. The van der Waals surface area contributed by atoms with E-state index < -0.39 is 11.9 Å². The fourth-order valence-corrected chi connectivity index (χ4v) is 1.61. The molecular weight excluding hydrogens is 271 g/mol. The van der Waals surface area contributed by atoms with Gasteiger partial charge in [-0.05, 0) is 35.4 Å². The summed E-state index contributed by atoms with van der Waals surface area (Å²) in [5.41, 5.74) is 2.13. The Labute approximate surface area is 152 Å². The SMILES string of the molecule is O=C(O)c1ccc(-c2ccc(C(=O)O)cc2)cc1.[KH]. The molecule has 0 unspecified atom stereocenters. The summed E-state index contributed by atoms with van der Waals surface area (Å²) < 4.78 is 0. The molecule has 2 aromatic carbocycles. The van der Waals surface area contributed by atoms with Crippen molar-refractivity contribution in [1.29, 1.82) is 0 Å². The Bertz CT molecular complexity index is 532. The molecule has 2 rings (SSSR count). The Hall–Kier alpha value is -0.984. The molecule has 0 saturated heterocycles. The summed E-state index contributed by atoms with van der Waals surface area (Å²) in [6.07, 6.45) is 0. The van der Waals surface area contributed by atoms with E-state index in [1.807, 2.05) is 0 Å². The molecular formula is C14H11KO4. The third-order valence-electron chi connectivity index (χ3n) is 2.60. The second-order valence-electron chi connectivity index (χ2n) is 3.77. The van der Waals surface area contributed by atoms with Gasteiger partial charge in [0.05, 0.1) is 11.1 Å². The van der Waals surface area contributed by atoms with Crippen molar-refractivity contribution in [3.8, 4) is 11.1 Å². The van der Waals surface area contributed by atoms with Gasteiger partial charge in [-0.2, -0.15) is 0 Å². The van der Waals surface area contributed by atoms with Crippen molar-refractivity contribution < 1.29 is 19.8 Å². The van der Waals surface area contributed by atoms with Crippen LogP contribution < -0.4 is 0 Å². The third kappa shape index (κ3) is 3.99. The van der Waals surface area contributed by atoms with Crippen LogP contribution in [0.25, 0.3) is 11.1 Å². The van der Waals surface area contributed by atoms with E-state index in [0.717, 1.165) is 11.1 Å². The molecule has 0 spiro atoms. The van der Waals surface area contributed by atoms with Crippen LogP contribution >= 0.6 is 0 Å². The number of hydrogen-bond donors (Lipinski definition) is 2. The number of hydrogen-bond acceptors (Lipinski definition) is 2. The Kier molecular flexibility index (Phi) is 5.90. The molecule has 0 aliphatic heterocycles. The fourth-order valence-electron chi connectivity index (χ4n) is 1.61. The quantitative estimate of drug-likeness (QED) is 0.845. The Morgan fingerprint density at radius 3 is 1.11 bits per heavy atom. The Balaban J connectivity index is 0.00000180. The molecule has 2 aromatic rings. The molecule has 5 heteroatoms. The van der Waals surface area contributed by atoms with E-state index in [1.165, 1.54) is 24.3 Å². The van der Waals surface area contributed by atoms with Crippen molar-refractivity contribution in [2.75, 3.05) is 0 Å². The van der Waals surface area contributed by atoms with Crippen LogP contribution in [-0.2, 0) is 0 Å². The molecule has 0 heterocycles. The molecule has 0 amide bonds. The van der Waals surface area contributed by atoms with Gasteiger partial charge in [0.2, 0.25) is 0 Å². The summed E-state index contributed by atoms with van der Waals surface area (Å²) in [7, 11) is 0. The summed E-state index contributed by atoms with van der Waals surface area (Å²) in [5.74, 6) is -1.94. The van der Waals surface area contributed by atoms with Gasteiger partial charge in [0.15, 0.2) is 0 Å². The zero-order valence-electron chi connectivity index (χ0n) is 9.33. The third-order valence-corrected chi connectivity index (χ3v) is 2.60. The predicted molar refractivity (Wildman–Crippen MR) is 72.9 cm³/mol. The molecule has 0 fully saturated rings. The first-order valence-corrected chi connectivity index (χ1v) is 5.25. The van der Waals surface area contributed by atoms with Gasteiger partial charge >= 0.3 is 63.3 Å². The number of carbonyl (C=O) groups is 2. The maximum absolute atomic E-state index is 10.7. The Morgan fingerprint density at radius 2 is 0.895 bits per heavy atom. The second kappa shape index (κ2) is 6.98. The molecule has 0 atom stereocenters. The first-order valence-electron chi connectivity index (χ1n) is 5.25. The molecule has 4 nitrogen and oxygen atoms in total. The van der Waals surface area contributed by atoms with Crippen LogP contribution in [0.3, 0.4) is 0 Å². The number of benzene rings is 2. The number of carboxylic acid groups (broad SMARTS) is 2. The van der Waals surface area contributed by atoms with Crippen LogP contribution in [0.2, 0.25) is 0 Å². The van der Waals surface area contributed by atoms with Crippen molar-refractivity contribution in [3.63, 3.8) is 0 Å². The summed E-state index contributed by atoms with van der Waals surface area (Å²) in [4.78, 5) is 21.4. The van der Waals surface area contributed by atoms with Gasteiger partial charge in [-0.3, -0.25) is 0 Å². The summed E-state index contributed by atoms with van der Waals surface area (Å²) in [5, 5.41) is 17.6. The van der Waals surface area contributed by atoms with Gasteiger partial charge in [0.25, 0.3) is 0 Å². The van der Waals surface area contributed by atoms with Crippen molar-refractivity contribution in [1.82, 2.24) is 0 Å². The molecule has 0 aromatic heterocycles. The minimum absolute atomic E-state index is 0. The maximum atomic E-state index is 10.7. The van der Waals surface area contributed by atoms with E-state index in [-0.39, 0.29) is 62.5 Å². The van der Waals surface area contributed by atoms with Crippen LogP contribution in [0.5, 0.6) is 0 Å². The van der Waals surface area contributed by atoms with Crippen molar-refractivity contribution in [2.24, 2.45) is 0 Å². The van der Waals surface area contributed by atoms with Gasteiger partial charge in [0.1, 0.15) is 0 Å². The topological polar surface area (TPSA) is 74.6 Å². The minimum atomic E-state index is -0.970. The number of rotatable bonds is 3. The van der Waals surface area contributed by atoms with Crippen molar-refractivity contribution >= 4 is 63.3 Å². The number of aromatic carboxylic acids is 2. The average molecular weight is 282 g/mol. The number of carboxylic acids is 2. The van der Waals surface area contributed by atoms with E-state index in [2.05, 4.69) is 0 Å². The van der Waals surface area contributed by atoms with E-state index in [4.69, 9.17) is 10.2 Å². The van der Waals surface area contributed by atoms with Gasteiger partial charge < -0.3 is 10.2 Å². The van der Waals surface area contributed by atoms with Gasteiger partial charge in [0, 0.05) is 0 Å². The molecule has 0 bridgehead atoms. The van der Waals surface area contributed by atoms with Gasteiger partial charge in [-0.15, -0.1) is 0 Å². The monoisotopic (exact) mass is 282 g/mol. The van der Waals surface area contributed by atoms with Crippen LogP contribution in [0.15, 0.2) is 48.5 Å². The normalized spacial score (nSPS) is 9.47. The van der Waals surface area contributed by atoms with Crippen LogP contribution in [-0.4, -0.2) is 73.5 Å². The van der Waals surface area contributed by atoms with Crippen molar-refractivity contribution in [2.45, 2.75) is 0 Å². The molecule has 92 valence electrons. The van der Waals surface area contributed by atoms with Gasteiger partial charge in [-0.1, -0.05) is 24.3 Å². The fraction of sp³-hybridized carbons (Fsp3) is 0. The molecule has 0 aliphatic carbocycles. The standard InChI is InChI=1S/C14H10O4.K.H/c15-13(16)11-5-1-9(2-6-11)10-3-7-12(8-4-10)14(17)18;;/h1-8H,(H,15,16)(H,17,18);;. The van der Waals surface area contributed by atoms with E-state index in [1.54, 1.807) is 24.3 Å². The molecule has 2 N–H and O–H groups in total. The van der Waals surface area contributed by atoms with E-state index in [9.17, 15) is 9.59 Å². The zero-order valence-corrected chi connectivity index (χ0v) is 9.33. The van der Waals surface area contributed by atoms with E-state index in [0.29, 0.717) is 0 Å². The van der Waals surface area contributed by atoms with Crippen LogP contribution in [0.4, 0.5) is 0 Å². The summed E-state index contributed by atoms with van der Waals surface area (Å²) >= 11 is 0. The van der Waals surface area contributed by atoms with Gasteiger partial charge in [-0.25, -0.2) is 9.59 Å². The van der Waals surface area contributed by atoms with Crippen LogP contribution in [0.1, 0.15) is 20.7 Å². The molecule has 19 heavy (non-hydrogen) atoms. The first kappa shape index (κ1) is 16.1. The molecule has 0 radical (unpaired) electrons. The van der Waals surface area contributed by atoms with Crippen molar-refractivity contribution in [3.05, 3.63) is 59.7 Å². The average Bonchev–Trinajstić information content (AvgIpc) is 2.39. The first-order chi connectivity index (χ1) is 8.58. The Morgan fingerprint density at radius 1 is 0.632 bits per heavy atom. The van der Waals surface area contributed by atoms with E-state index >= 15 is 0 Å². The molecule has 0 aliphatic rings. The van der Waals surface area contributed by atoms with Crippen LogP contribution in [0, 0.1) is 0 Å². The zero-order chi connectivity index (χ0) is 13.1. The molecule has 0 saturated carbocycles. The predicted octanol–water partition coefficient (Wildman–Crippen LogP) is 2.10.